The molecule has 0 saturated carbocycles. The van der Waals surface area contributed by atoms with Crippen molar-refractivity contribution in [1.82, 2.24) is 4.90 Å². The van der Waals surface area contributed by atoms with E-state index >= 15 is 0 Å². The molecule has 1 fully saturated rings. The number of benzene rings is 1. The third kappa shape index (κ3) is 4.55. The van der Waals surface area contributed by atoms with Crippen molar-refractivity contribution >= 4 is 23.5 Å². The minimum atomic E-state index is -0.680. The number of nitrogens with zero attached hydrogens (tertiary/aromatic N) is 1. The normalized spacial score (nSPS) is 17.5. The largest absolute Gasteiger partial charge is 0.466 e. The second-order valence-corrected chi connectivity index (χ2v) is 5.67. The van der Waals surface area contributed by atoms with Crippen LogP contribution in [0, 0.1) is 12.8 Å². The summed E-state index contributed by atoms with van der Waals surface area (Å²) in [6, 6.07) is 7.25. The lowest BCUT2D eigenvalue weighted by Crippen LogP contribution is -2.47. The van der Waals surface area contributed by atoms with Crippen LogP contribution in [0.4, 0.5) is 5.69 Å². The molecule has 1 aromatic rings. The number of hydrogen-bond acceptors (Lipinski definition) is 4. The number of nitrogens with one attached hydrogen (secondary N) is 1. The second kappa shape index (κ2) is 7.76. The molecule has 23 heavy (non-hydrogen) atoms. The number of piperidine rings is 1. The predicted molar refractivity (Wildman–Crippen MR) is 85.7 cm³/mol. The number of rotatable bonds is 3. The van der Waals surface area contributed by atoms with Crippen molar-refractivity contribution < 1.29 is 19.1 Å². The van der Waals surface area contributed by atoms with Gasteiger partial charge in [-0.3, -0.25) is 14.4 Å². The molecule has 0 bridgehead atoms. The van der Waals surface area contributed by atoms with Gasteiger partial charge in [-0.15, -0.1) is 0 Å². The van der Waals surface area contributed by atoms with Crippen LogP contribution in [0.5, 0.6) is 0 Å². The molecular formula is C17H22N2O4. The average Bonchev–Trinajstić information content (AvgIpc) is 2.54. The summed E-state index contributed by atoms with van der Waals surface area (Å²) in [5.74, 6) is -1.94. The molecule has 1 aliphatic heterocycles. The first-order valence-electron chi connectivity index (χ1n) is 7.84. The standard InChI is InChI=1S/C17H22N2O4/c1-3-23-17(22)13-7-5-9-19(11-13)16(21)15(20)18-14-8-4-6-12(2)10-14/h4,6,8,10,13H,3,5,7,9,11H2,1-2H3,(H,18,20). The molecule has 0 spiro atoms. The van der Waals surface area contributed by atoms with Crippen molar-refractivity contribution in [3.05, 3.63) is 29.8 Å². The molecule has 1 atom stereocenters. The van der Waals surface area contributed by atoms with E-state index in [0.717, 1.165) is 5.56 Å². The molecule has 2 rings (SSSR count). The Morgan fingerprint density at radius 2 is 2.13 bits per heavy atom. The molecule has 0 aromatic heterocycles. The van der Waals surface area contributed by atoms with Crippen LogP contribution in [0.25, 0.3) is 0 Å². The van der Waals surface area contributed by atoms with Crippen molar-refractivity contribution in [2.24, 2.45) is 5.92 Å². The number of likely N-dealkylation sites (tertiary alicyclic amines) is 1. The molecule has 124 valence electrons. The Bertz CT molecular complexity index is 600. The monoisotopic (exact) mass is 318 g/mol. The van der Waals surface area contributed by atoms with Gasteiger partial charge in [-0.05, 0) is 44.4 Å². The Morgan fingerprint density at radius 1 is 1.35 bits per heavy atom. The fourth-order valence-electron chi connectivity index (χ4n) is 2.67. The molecular weight excluding hydrogens is 296 g/mol. The lowest BCUT2D eigenvalue weighted by Gasteiger charge is -2.31. The van der Waals surface area contributed by atoms with Crippen molar-refractivity contribution in [3.8, 4) is 0 Å². The van der Waals surface area contributed by atoms with Gasteiger partial charge >= 0.3 is 17.8 Å². The fraction of sp³-hybridized carbons (Fsp3) is 0.471. The van der Waals surface area contributed by atoms with E-state index in [-0.39, 0.29) is 18.4 Å². The minimum Gasteiger partial charge on any atom is -0.466 e. The van der Waals surface area contributed by atoms with Crippen molar-refractivity contribution in [2.75, 3.05) is 25.0 Å². The molecule has 1 aromatic carbocycles. The van der Waals surface area contributed by atoms with Crippen LogP contribution in [0.1, 0.15) is 25.3 Å². The van der Waals surface area contributed by atoms with Crippen LogP contribution in [0.15, 0.2) is 24.3 Å². The quantitative estimate of drug-likeness (QED) is 0.680. The molecule has 6 heteroatoms. The van der Waals surface area contributed by atoms with Crippen LogP contribution in [-0.4, -0.2) is 42.4 Å². The third-order valence-corrected chi connectivity index (χ3v) is 3.80. The zero-order valence-corrected chi connectivity index (χ0v) is 13.5. The first kappa shape index (κ1) is 17.0. The number of carbonyl (C=O) groups excluding carboxylic acids is 3. The summed E-state index contributed by atoms with van der Waals surface area (Å²) in [6.07, 6.45) is 1.37. The molecule has 1 unspecified atom stereocenters. The second-order valence-electron chi connectivity index (χ2n) is 5.67. The number of hydrogen-bond donors (Lipinski definition) is 1. The van der Waals surface area contributed by atoms with E-state index in [1.54, 1.807) is 19.1 Å². The average molecular weight is 318 g/mol. The van der Waals surface area contributed by atoms with Crippen molar-refractivity contribution in [1.29, 1.82) is 0 Å². The number of carbonyl (C=O) groups is 3. The van der Waals surface area contributed by atoms with Crippen LogP contribution < -0.4 is 5.32 Å². The molecule has 0 aliphatic carbocycles. The lowest BCUT2D eigenvalue weighted by molar-refractivity contribution is -0.153. The summed E-state index contributed by atoms with van der Waals surface area (Å²) in [7, 11) is 0. The Hall–Kier alpha value is -2.37. The smallest absolute Gasteiger partial charge is 0.313 e. The Balaban J connectivity index is 1.96. The number of ether oxygens (including phenoxy) is 1. The lowest BCUT2D eigenvalue weighted by atomic mass is 9.98. The number of esters is 1. The summed E-state index contributed by atoms with van der Waals surface area (Å²) < 4.78 is 5.00. The van der Waals surface area contributed by atoms with E-state index in [1.165, 1.54) is 4.90 Å². The summed E-state index contributed by atoms with van der Waals surface area (Å²) in [5.41, 5.74) is 1.58. The van der Waals surface area contributed by atoms with Crippen LogP contribution in [0.2, 0.25) is 0 Å². The highest BCUT2D eigenvalue weighted by Gasteiger charge is 2.31. The molecule has 1 heterocycles. The van der Waals surface area contributed by atoms with Gasteiger partial charge < -0.3 is 15.0 Å². The molecule has 1 saturated heterocycles. The van der Waals surface area contributed by atoms with Crippen molar-refractivity contribution in [2.45, 2.75) is 26.7 Å². The van der Waals surface area contributed by atoms with E-state index in [2.05, 4.69) is 5.32 Å². The van der Waals surface area contributed by atoms with E-state index in [0.29, 0.717) is 31.7 Å². The number of amides is 2. The van der Waals surface area contributed by atoms with E-state index in [9.17, 15) is 14.4 Å². The maximum Gasteiger partial charge on any atom is 0.313 e. The topological polar surface area (TPSA) is 75.7 Å². The Kier molecular flexibility index (Phi) is 5.73. The van der Waals surface area contributed by atoms with Crippen LogP contribution in [-0.2, 0) is 19.1 Å². The molecule has 6 nitrogen and oxygen atoms in total. The summed E-state index contributed by atoms with van der Waals surface area (Å²) in [4.78, 5) is 37.6. The SMILES string of the molecule is CCOC(=O)C1CCCN(C(=O)C(=O)Nc2cccc(C)c2)C1. The molecule has 1 N–H and O–H groups in total. The number of anilines is 1. The minimum absolute atomic E-state index is 0.235. The highest BCUT2D eigenvalue weighted by molar-refractivity contribution is 6.39. The Morgan fingerprint density at radius 3 is 2.83 bits per heavy atom. The Labute approximate surface area is 135 Å². The van der Waals surface area contributed by atoms with Crippen LogP contribution >= 0.6 is 0 Å². The van der Waals surface area contributed by atoms with Gasteiger partial charge in [-0.25, -0.2) is 0 Å². The maximum absolute atomic E-state index is 12.3. The van der Waals surface area contributed by atoms with Gasteiger partial charge in [0.05, 0.1) is 12.5 Å². The first-order chi connectivity index (χ1) is 11.0. The predicted octanol–water partition coefficient (Wildman–Crippen LogP) is 1.74. The molecule has 2 amide bonds. The van der Waals surface area contributed by atoms with E-state index in [1.807, 2.05) is 19.1 Å². The van der Waals surface area contributed by atoms with Gasteiger partial charge in [-0.1, -0.05) is 12.1 Å². The first-order valence-corrected chi connectivity index (χ1v) is 7.84. The number of aryl methyl sites for hydroxylation is 1. The van der Waals surface area contributed by atoms with Gasteiger partial charge in [0, 0.05) is 18.8 Å². The summed E-state index contributed by atoms with van der Waals surface area (Å²) in [5, 5.41) is 2.60. The maximum atomic E-state index is 12.3. The van der Waals surface area contributed by atoms with Gasteiger partial charge in [0.25, 0.3) is 0 Å². The zero-order valence-electron chi connectivity index (χ0n) is 13.5. The molecule has 1 aliphatic rings. The van der Waals surface area contributed by atoms with Crippen LogP contribution in [0.3, 0.4) is 0 Å². The van der Waals surface area contributed by atoms with E-state index in [4.69, 9.17) is 4.74 Å². The summed E-state index contributed by atoms with van der Waals surface area (Å²) in [6.45, 7) is 4.69. The van der Waals surface area contributed by atoms with Gasteiger partial charge in [0.15, 0.2) is 0 Å². The van der Waals surface area contributed by atoms with Gasteiger partial charge in [-0.2, -0.15) is 0 Å². The third-order valence-electron chi connectivity index (χ3n) is 3.80. The highest BCUT2D eigenvalue weighted by Crippen LogP contribution is 2.18. The van der Waals surface area contributed by atoms with Gasteiger partial charge in [0.1, 0.15) is 0 Å². The zero-order chi connectivity index (χ0) is 16.8. The van der Waals surface area contributed by atoms with E-state index < -0.39 is 11.8 Å². The summed E-state index contributed by atoms with van der Waals surface area (Å²) >= 11 is 0. The van der Waals surface area contributed by atoms with Crippen molar-refractivity contribution in [3.63, 3.8) is 0 Å². The van der Waals surface area contributed by atoms with Gasteiger partial charge in [0.2, 0.25) is 0 Å². The fourth-order valence-corrected chi connectivity index (χ4v) is 2.67. The highest BCUT2D eigenvalue weighted by atomic mass is 16.5. The molecule has 0 radical (unpaired) electrons.